The molecule has 2 rings (SSSR count). The quantitative estimate of drug-likeness (QED) is 0.919. The highest BCUT2D eigenvalue weighted by Crippen LogP contribution is 2.13. The Labute approximate surface area is 127 Å². The van der Waals surface area contributed by atoms with Gasteiger partial charge in [0.2, 0.25) is 0 Å². The first-order valence-corrected chi connectivity index (χ1v) is 7.37. The molecule has 1 aromatic carbocycles. The number of hydrogen-bond acceptors (Lipinski definition) is 1. The summed E-state index contributed by atoms with van der Waals surface area (Å²) in [4.78, 5) is 12.1. The number of hydrogen-bond donors (Lipinski definition) is 1. The van der Waals surface area contributed by atoms with Gasteiger partial charge < -0.3 is 9.88 Å². The van der Waals surface area contributed by atoms with E-state index in [9.17, 15) is 4.79 Å². The van der Waals surface area contributed by atoms with Crippen LogP contribution in [0.15, 0.2) is 24.3 Å². The van der Waals surface area contributed by atoms with Crippen molar-refractivity contribution < 1.29 is 4.79 Å². The zero-order chi connectivity index (χ0) is 15.6. The third-order valence-corrected chi connectivity index (χ3v) is 4.33. The molecule has 112 valence electrons. The number of carbonyl (C=O) groups is 1. The summed E-state index contributed by atoms with van der Waals surface area (Å²) in [6, 6.07) is 8.02. The fourth-order valence-electron chi connectivity index (χ4n) is 2.48. The fraction of sp³-hybridized carbons (Fsp3) is 0.389. The summed E-state index contributed by atoms with van der Waals surface area (Å²) in [5.74, 6) is 0.00315. The van der Waals surface area contributed by atoms with Crippen molar-refractivity contribution in [2.24, 2.45) is 7.05 Å². The van der Waals surface area contributed by atoms with Crippen LogP contribution in [0.3, 0.4) is 0 Å². The van der Waals surface area contributed by atoms with Crippen molar-refractivity contribution in [2.45, 2.75) is 34.1 Å². The first kappa shape index (κ1) is 15.4. The van der Waals surface area contributed by atoms with E-state index in [1.54, 1.807) is 0 Å². The highest BCUT2D eigenvalue weighted by atomic mass is 16.1. The molecular formula is C18H24N2O. The molecule has 0 fully saturated rings. The van der Waals surface area contributed by atoms with Crippen molar-refractivity contribution in [3.63, 3.8) is 0 Å². The molecule has 1 heterocycles. The molecule has 0 unspecified atom stereocenters. The van der Waals surface area contributed by atoms with Gasteiger partial charge in [-0.2, -0.15) is 0 Å². The number of benzene rings is 1. The summed E-state index contributed by atoms with van der Waals surface area (Å²) in [6.07, 6.45) is 0.865. The van der Waals surface area contributed by atoms with Crippen molar-refractivity contribution in [3.8, 4) is 0 Å². The molecule has 0 spiro atoms. The molecule has 1 amide bonds. The Hall–Kier alpha value is -2.03. The number of rotatable bonds is 4. The number of nitrogens with zero attached hydrogens (tertiary/aromatic N) is 1. The number of amides is 1. The Kier molecular flexibility index (Phi) is 4.51. The third-order valence-electron chi connectivity index (χ3n) is 4.33. The second-order valence-corrected chi connectivity index (χ2v) is 5.76. The molecule has 0 aliphatic carbocycles. The second kappa shape index (κ2) is 6.17. The molecular weight excluding hydrogens is 260 g/mol. The van der Waals surface area contributed by atoms with Gasteiger partial charge in [0.25, 0.3) is 5.91 Å². The van der Waals surface area contributed by atoms with Crippen LogP contribution in [0.4, 0.5) is 0 Å². The van der Waals surface area contributed by atoms with E-state index in [0.717, 1.165) is 17.5 Å². The summed E-state index contributed by atoms with van der Waals surface area (Å²) >= 11 is 0. The van der Waals surface area contributed by atoms with Crippen LogP contribution in [0.1, 0.15) is 38.4 Å². The Balaban J connectivity index is 1.95. The van der Waals surface area contributed by atoms with Gasteiger partial charge in [-0.05, 0) is 69.0 Å². The first-order valence-electron chi connectivity index (χ1n) is 7.37. The van der Waals surface area contributed by atoms with Gasteiger partial charge in [0.15, 0.2) is 0 Å². The van der Waals surface area contributed by atoms with Crippen LogP contribution in [0.5, 0.6) is 0 Å². The van der Waals surface area contributed by atoms with Gasteiger partial charge in [-0.1, -0.05) is 6.07 Å². The molecule has 0 saturated heterocycles. The monoisotopic (exact) mass is 284 g/mol. The van der Waals surface area contributed by atoms with Crippen molar-refractivity contribution in [1.82, 2.24) is 9.88 Å². The van der Waals surface area contributed by atoms with Gasteiger partial charge >= 0.3 is 0 Å². The van der Waals surface area contributed by atoms with E-state index in [0.29, 0.717) is 6.54 Å². The fourth-order valence-corrected chi connectivity index (χ4v) is 2.48. The number of carbonyl (C=O) groups excluding carboxylic acids is 1. The van der Waals surface area contributed by atoms with Crippen LogP contribution < -0.4 is 5.32 Å². The highest BCUT2D eigenvalue weighted by Gasteiger charge is 2.08. The lowest BCUT2D eigenvalue weighted by molar-refractivity contribution is 0.0954. The molecule has 0 aliphatic heterocycles. The number of nitrogens with one attached hydrogen (secondary N) is 1. The average Bonchev–Trinajstić information content (AvgIpc) is 2.69. The van der Waals surface area contributed by atoms with Crippen LogP contribution in [-0.4, -0.2) is 17.0 Å². The Morgan fingerprint density at radius 2 is 1.81 bits per heavy atom. The summed E-state index contributed by atoms with van der Waals surface area (Å²) < 4.78 is 2.18. The predicted molar refractivity (Wildman–Crippen MR) is 86.8 cm³/mol. The molecule has 0 aliphatic rings. The molecule has 3 nitrogen and oxygen atoms in total. The number of aromatic nitrogens is 1. The van der Waals surface area contributed by atoms with Crippen LogP contribution in [0.25, 0.3) is 0 Å². The van der Waals surface area contributed by atoms with E-state index < -0.39 is 0 Å². The lowest BCUT2D eigenvalue weighted by Crippen LogP contribution is -2.25. The molecule has 0 saturated carbocycles. The van der Waals surface area contributed by atoms with Gasteiger partial charge in [0, 0.05) is 30.5 Å². The normalized spacial score (nSPS) is 10.7. The highest BCUT2D eigenvalue weighted by molar-refractivity contribution is 5.94. The summed E-state index contributed by atoms with van der Waals surface area (Å²) in [6.45, 7) is 8.97. The summed E-state index contributed by atoms with van der Waals surface area (Å²) in [5, 5.41) is 3.00. The van der Waals surface area contributed by atoms with Gasteiger partial charge in [0.1, 0.15) is 0 Å². The van der Waals surface area contributed by atoms with E-state index in [1.807, 2.05) is 25.1 Å². The molecule has 1 aromatic heterocycles. The van der Waals surface area contributed by atoms with Crippen molar-refractivity contribution in [1.29, 1.82) is 0 Å². The molecule has 21 heavy (non-hydrogen) atoms. The predicted octanol–water partition coefficient (Wildman–Crippen LogP) is 3.23. The topological polar surface area (TPSA) is 34.0 Å². The van der Waals surface area contributed by atoms with Gasteiger partial charge in [-0.25, -0.2) is 0 Å². The molecule has 3 heteroatoms. The Bertz CT molecular complexity index is 668. The Morgan fingerprint density at radius 1 is 1.10 bits per heavy atom. The van der Waals surface area contributed by atoms with Crippen LogP contribution in [-0.2, 0) is 13.5 Å². The largest absolute Gasteiger partial charge is 0.352 e. The maximum absolute atomic E-state index is 12.1. The van der Waals surface area contributed by atoms with Crippen molar-refractivity contribution >= 4 is 5.91 Å². The average molecular weight is 284 g/mol. The van der Waals surface area contributed by atoms with Gasteiger partial charge in [-0.15, -0.1) is 0 Å². The SMILES string of the molecule is Cc1ccc(C(=O)NCCc2cc(C)n(C)c2C)cc1C. The molecule has 0 atom stereocenters. The molecule has 1 N–H and O–H groups in total. The van der Waals surface area contributed by atoms with Crippen LogP contribution >= 0.6 is 0 Å². The van der Waals surface area contributed by atoms with Gasteiger partial charge in [-0.3, -0.25) is 4.79 Å². The smallest absolute Gasteiger partial charge is 0.251 e. The lowest BCUT2D eigenvalue weighted by Gasteiger charge is -2.07. The lowest BCUT2D eigenvalue weighted by atomic mass is 10.1. The summed E-state index contributed by atoms with van der Waals surface area (Å²) in [5.41, 5.74) is 6.92. The maximum Gasteiger partial charge on any atom is 0.251 e. The minimum absolute atomic E-state index is 0.00315. The van der Waals surface area contributed by atoms with E-state index in [-0.39, 0.29) is 5.91 Å². The number of aryl methyl sites for hydroxylation is 3. The Morgan fingerprint density at radius 3 is 2.38 bits per heavy atom. The van der Waals surface area contributed by atoms with Gasteiger partial charge in [0.05, 0.1) is 0 Å². The van der Waals surface area contributed by atoms with Crippen LogP contribution in [0, 0.1) is 27.7 Å². The minimum atomic E-state index is 0.00315. The second-order valence-electron chi connectivity index (χ2n) is 5.76. The van der Waals surface area contributed by atoms with Crippen LogP contribution in [0.2, 0.25) is 0 Å². The van der Waals surface area contributed by atoms with E-state index in [4.69, 9.17) is 0 Å². The standard InChI is InChI=1S/C18H24N2O/c1-12-6-7-17(10-13(12)2)18(21)19-9-8-16-11-14(3)20(5)15(16)4/h6-7,10-11H,8-9H2,1-5H3,(H,19,21). The van der Waals surface area contributed by atoms with E-state index in [2.05, 4.69) is 43.8 Å². The molecule has 2 aromatic rings. The molecule has 0 radical (unpaired) electrons. The first-order chi connectivity index (χ1) is 9.90. The van der Waals surface area contributed by atoms with Crippen molar-refractivity contribution in [2.75, 3.05) is 6.54 Å². The minimum Gasteiger partial charge on any atom is -0.352 e. The van der Waals surface area contributed by atoms with E-state index >= 15 is 0 Å². The van der Waals surface area contributed by atoms with Crippen molar-refractivity contribution in [3.05, 3.63) is 57.9 Å². The zero-order valence-corrected chi connectivity index (χ0v) is 13.6. The summed E-state index contributed by atoms with van der Waals surface area (Å²) in [7, 11) is 2.07. The van der Waals surface area contributed by atoms with E-state index in [1.165, 1.54) is 22.5 Å². The zero-order valence-electron chi connectivity index (χ0n) is 13.6. The maximum atomic E-state index is 12.1. The molecule has 0 bridgehead atoms. The third kappa shape index (κ3) is 3.35.